The van der Waals surface area contributed by atoms with Crippen LogP contribution in [-0.2, 0) is 4.79 Å². The van der Waals surface area contributed by atoms with Gasteiger partial charge >= 0.3 is 5.97 Å². The van der Waals surface area contributed by atoms with E-state index in [9.17, 15) is 9.59 Å². The molecule has 6 heteroatoms. The minimum Gasteiger partial charge on any atom is -0.497 e. The zero-order chi connectivity index (χ0) is 18.0. The summed E-state index contributed by atoms with van der Waals surface area (Å²) in [6.07, 6.45) is 0.632. The van der Waals surface area contributed by atoms with Crippen molar-refractivity contribution in [2.75, 3.05) is 7.11 Å². The van der Waals surface area contributed by atoms with Crippen LogP contribution in [0.2, 0.25) is 0 Å². The van der Waals surface area contributed by atoms with Gasteiger partial charge in [0.1, 0.15) is 17.2 Å². The largest absolute Gasteiger partial charge is 0.497 e. The molecule has 1 aliphatic rings. The number of rotatable bonds is 5. The van der Waals surface area contributed by atoms with Crippen molar-refractivity contribution in [3.63, 3.8) is 0 Å². The van der Waals surface area contributed by atoms with E-state index in [4.69, 9.17) is 19.3 Å². The molecule has 1 atom stereocenters. The minimum absolute atomic E-state index is 0.187. The van der Waals surface area contributed by atoms with Gasteiger partial charge in [0.05, 0.1) is 12.7 Å². The second kappa shape index (κ2) is 6.68. The van der Waals surface area contributed by atoms with Crippen LogP contribution in [0.3, 0.4) is 0 Å². The number of hydrogen-bond acceptors (Lipinski definition) is 5. The van der Waals surface area contributed by atoms with E-state index in [1.165, 1.54) is 13.0 Å². The molecule has 0 amide bonds. The van der Waals surface area contributed by atoms with E-state index in [0.717, 1.165) is 5.56 Å². The Morgan fingerprint density at radius 2 is 2.00 bits per heavy atom. The summed E-state index contributed by atoms with van der Waals surface area (Å²) in [6, 6.07) is 11.9. The van der Waals surface area contributed by atoms with E-state index in [1.54, 1.807) is 37.5 Å². The van der Waals surface area contributed by atoms with Gasteiger partial charge in [0, 0.05) is 6.07 Å². The van der Waals surface area contributed by atoms with Crippen LogP contribution in [0.4, 0.5) is 0 Å². The summed E-state index contributed by atoms with van der Waals surface area (Å²) in [5, 5.41) is 8.90. The Kier molecular flexibility index (Phi) is 4.43. The van der Waals surface area contributed by atoms with Gasteiger partial charge in [-0.25, -0.2) is 4.79 Å². The number of carbonyl (C=O) groups is 2. The van der Waals surface area contributed by atoms with Gasteiger partial charge < -0.3 is 19.3 Å². The molecule has 6 nitrogen and oxygen atoms in total. The number of carboxylic acids is 1. The van der Waals surface area contributed by atoms with Crippen molar-refractivity contribution in [3.05, 3.63) is 59.4 Å². The SMILES string of the molecule is COc1cccc(/C=C2\Oc3cc(O[C@@H](C)C(=O)O)ccc3C2=O)c1. The fraction of sp³-hybridized carbons (Fsp3) is 0.158. The first-order valence-corrected chi connectivity index (χ1v) is 7.60. The Labute approximate surface area is 144 Å². The number of fused-ring (bicyclic) bond motifs is 1. The third kappa shape index (κ3) is 3.47. The monoisotopic (exact) mass is 340 g/mol. The highest BCUT2D eigenvalue weighted by Gasteiger charge is 2.28. The lowest BCUT2D eigenvalue weighted by Crippen LogP contribution is -2.22. The summed E-state index contributed by atoms with van der Waals surface area (Å²) < 4.78 is 16.1. The summed E-state index contributed by atoms with van der Waals surface area (Å²) in [5.74, 6) is 0.215. The van der Waals surface area contributed by atoms with E-state index in [0.29, 0.717) is 22.8 Å². The molecule has 0 fully saturated rings. The number of hydrogen-bond donors (Lipinski definition) is 1. The van der Waals surface area contributed by atoms with Gasteiger partial charge in [-0.05, 0) is 42.8 Å². The highest BCUT2D eigenvalue weighted by molar-refractivity contribution is 6.14. The second-order valence-electron chi connectivity index (χ2n) is 5.47. The first-order chi connectivity index (χ1) is 12.0. The first-order valence-electron chi connectivity index (χ1n) is 7.60. The van der Waals surface area contributed by atoms with Gasteiger partial charge in [0.25, 0.3) is 0 Å². The maximum atomic E-state index is 12.4. The fourth-order valence-corrected chi connectivity index (χ4v) is 2.38. The maximum absolute atomic E-state index is 12.4. The van der Waals surface area contributed by atoms with Crippen molar-refractivity contribution in [2.45, 2.75) is 13.0 Å². The molecular formula is C19H16O6. The molecule has 1 aliphatic heterocycles. The second-order valence-corrected chi connectivity index (χ2v) is 5.47. The number of allylic oxidation sites excluding steroid dienone is 1. The van der Waals surface area contributed by atoms with Crippen LogP contribution in [0.1, 0.15) is 22.8 Å². The van der Waals surface area contributed by atoms with Gasteiger partial charge in [0.15, 0.2) is 11.9 Å². The van der Waals surface area contributed by atoms with Crippen LogP contribution in [0.5, 0.6) is 17.2 Å². The molecule has 1 N–H and O–H groups in total. The molecule has 0 aromatic heterocycles. The van der Waals surface area contributed by atoms with Gasteiger partial charge in [-0.2, -0.15) is 0 Å². The molecule has 3 rings (SSSR count). The van der Waals surface area contributed by atoms with Crippen LogP contribution in [-0.4, -0.2) is 30.1 Å². The number of ether oxygens (including phenoxy) is 3. The van der Waals surface area contributed by atoms with Gasteiger partial charge in [-0.1, -0.05) is 12.1 Å². The summed E-state index contributed by atoms with van der Waals surface area (Å²) >= 11 is 0. The highest BCUT2D eigenvalue weighted by atomic mass is 16.5. The first kappa shape index (κ1) is 16.6. The molecule has 1 heterocycles. The van der Waals surface area contributed by atoms with Crippen LogP contribution < -0.4 is 14.2 Å². The zero-order valence-corrected chi connectivity index (χ0v) is 13.7. The van der Waals surface area contributed by atoms with Gasteiger partial charge in [0.2, 0.25) is 5.78 Å². The average Bonchev–Trinajstić information content (AvgIpc) is 2.90. The van der Waals surface area contributed by atoms with Gasteiger partial charge in [-0.3, -0.25) is 4.79 Å². The number of Topliss-reactive ketones (excluding diaryl/α,β-unsaturated/α-hetero) is 1. The molecule has 0 saturated carbocycles. The molecule has 0 radical (unpaired) electrons. The molecule has 0 spiro atoms. The van der Waals surface area contributed by atoms with Crippen molar-refractivity contribution in [3.8, 4) is 17.2 Å². The summed E-state index contributed by atoms with van der Waals surface area (Å²) in [4.78, 5) is 23.3. The van der Waals surface area contributed by atoms with Crippen molar-refractivity contribution in [2.24, 2.45) is 0 Å². The van der Waals surface area contributed by atoms with Crippen molar-refractivity contribution >= 4 is 17.8 Å². The Hall–Kier alpha value is -3.28. The van der Waals surface area contributed by atoms with E-state index in [1.807, 2.05) is 12.1 Å². The number of methoxy groups -OCH3 is 1. The molecule has 0 saturated heterocycles. The Morgan fingerprint density at radius 1 is 1.20 bits per heavy atom. The summed E-state index contributed by atoms with van der Waals surface area (Å²) in [6.45, 7) is 1.43. The lowest BCUT2D eigenvalue weighted by molar-refractivity contribution is -0.144. The molecule has 0 unspecified atom stereocenters. The molecule has 2 aromatic carbocycles. The molecule has 25 heavy (non-hydrogen) atoms. The highest BCUT2D eigenvalue weighted by Crippen LogP contribution is 2.35. The average molecular weight is 340 g/mol. The minimum atomic E-state index is -1.07. The zero-order valence-electron chi connectivity index (χ0n) is 13.7. The Balaban J connectivity index is 1.85. The summed E-state index contributed by atoms with van der Waals surface area (Å²) in [7, 11) is 1.57. The van der Waals surface area contributed by atoms with Crippen molar-refractivity contribution in [1.29, 1.82) is 0 Å². The van der Waals surface area contributed by atoms with E-state index in [2.05, 4.69) is 0 Å². The lowest BCUT2D eigenvalue weighted by atomic mass is 10.1. The lowest BCUT2D eigenvalue weighted by Gasteiger charge is -2.10. The van der Waals surface area contributed by atoms with Gasteiger partial charge in [-0.15, -0.1) is 0 Å². The van der Waals surface area contributed by atoms with Crippen LogP contribution in [0.15, 0.2) is 48.2 Å². The number of carboxylic acid groups (broad SMARTS) is 1. The maximum Gasteiger partial charge on any atom is 0.344 e. The molecule has 0 aliphatic carbocycles. The van der Waals surface area contributed by atoms with Crippen LogP contribution in [0.25, 0.3) is 6.08 Å². The molecule has 128 valence electrons. The number of aliphatic carboxylic acids is 1. The molecule has 0 bridgehead atoms. The molecule has 2 aromatic rings. The third-order valence-electron chi connectivity index (χ3n) is 3.69. The van der Waals surface area contributed by atoms with E-state index < -0.39 is 12.1 Å². The number of benzene rings is 2. The van der Waals surface area contributed by atoms with Crippen LogP contribution in [0, 0.1) is 0 Å². The van der Waals surface area contributed by atoms with Crippen LogP contribution >= 0.6 is 0 Å². The third-order valence-corrected chi connectivity index (χ3v) is 3.69. The Bertz CT molecular complexity index is 868. The number of carbonyl (C=O) groups excluding carboxylic acids is 1. The Morgan fingerprint density at radius 3 is 2.72 bits per heavy atom. The van der Waals surface area contributed by atoms with E-state index in [-0.39, 0.29) is 11.5 Å². The smallest absolute Gasteiger partial charge is 0.344 e. The quantitative estimate of drug-likeness (QED) is 0.842. The normalized spacial score (nSPS) is 15.4. The van der Waals surface area contributed by atoms with E-state index >= 15 is 0 Å². The topological polar surface area (TPSA) is 82.1 Å². The number of ketones is 1. The predicted octanol–water partition coefficient (Wildman–Crippen LogP) is 3.16. The van der Waals surface area contributed by atoms with Crippen molar-refractivity contribution < 1.29 is 28.9 Å². The summed E-state index contributed by atoms with van der Waals surface area (Å²) in [5.41, 5.74) is 1.18. The van der Waals surface area contributed by atoms with Crippen molar-refractivity contribution in [1.82, 2.24) is 0 Å². The fourth-order valence-electron chi connectivity index (χ4n) is 2.38. The molecular weight excluding hydrogens is 324 g/mol. The standard InChI is InChI=1S/C19H16O6/c1-11(19(21)22)24-14-6-7-15-16(10-14)25-17(18(15)20)9-12-4-3-5-13(8-12)23-2/h3-11H,1-2H3,(H,21,22)/b17-9-/t11-/m0/s1. The predicted molar refractivity (Wildman–Crippen MR) is 90.1 cm³/mol.